The van der Waals surface area contributed by atoms with Crippen LogP contribution in [0.3, 0.4) is 0 Å². The fraction of sp³-hybridized carbons (Fsp3) is 0.182. The highest BCUT2D eigenvalue weighted by atomic mass is 32.2. The molecule has 2 aromatic rings. The summed E-state index contributed by atoms with van der Waals surface area (Å²) in [7, 11) is -3.69. The molecule has 0 spiro atoms. The summed E-state index contributed by atoms with van der Waals surface area (Å²) in [4.78, 5) is 10.1. The highest BCUT2D eigenvalue weighted by molar-refractivity contribution is 7.85. The van der Waals surface area contributed by atoms with E-state index in [0.29, 0.717) is 11.0 Å². The number of benzene rings is 1. The zero-order valence-electron chi connectivity index (χ0n) is 10.6. The van der Waals surface area contributed by atoms with E-state index in [2.05, 4.69) is 9.44 Å². The van der Waals surface area contributed by atoms with Crippen molar-refractivity contribution in [3.05, 3.63) is 40.1 Å². The summed E-state index contributed by atoms with van der Waals surface area (Å²) < 4.78 is 31.3. The predicted octanol–water partition coefficient (Wildman–Crippen LogP) is 2.04. The minimum atomic E-state index is -3.69. The van der Waals surface area contributed by atoms with Gasteiger partial charge in [-0.3, -0.25) is 14.4 Å². The van der Waals surface area contributed by atoms with Crippen molar-refractivity contribution in [2.75, 3.05) is 6.26 Å². The van der Waals surface area contributed by atoms with Crippen LogP contribution in [0.4, 0.5) is 5.69 Å². The Labute approximate surface area is 113 Å². The first-order chi connectivity index (χ1) is 9.26. The van der Waals surface area contributed by atoms with Crippen molar-refractivity contribution in [1.29, 1.82) is 0 Å². The van der Waals surface area contributed by atoms with Gasteiger partial charge in [0.1, 0.15) is 11.3 Å². The molecule has 0 amide bonds. The molecule has 0 bridgehead atoms. The lowest BCUT2D eigenvalue weighted by Crippen LogP contribution is -2.00. The van der Waals surface area contributed by atoms with Crippen LogP contribution >= 0.6 is 0 Å². The van der Waals surface area contributed by atoms with E-state index in [-0.39, 0.29) is 17.2 Å². The van der Waals surface area contributed by atoms with E-state index in [0.717, 1.165) is 6.26 Å². The van der Waals surface area contributed by atoms with Gasteiger partial charge < -0.3 is 4.42 Å². The van der Waals surface area contributed by atoms with Gasteiger partial charge in [-0.15, -0.1) is 0 Å². The number of nitro groups is 1. The topological polar surface area (TPSA) is 112 Å². The maximum Gasteiger partial charge on any atom is 0.325 e. The highest BCUT2D eigenvalue weighted by Gasteiger charge is 2.12. The van der Waals surface area contributed by atoms with Crippen LogP contribution in [-0.2, 0) is 14.4 Å². The molecule has 1 heterocycles. The molecular weight excluding hydrogens is 288 g/mol. The standard InChI is InChI=1S/C11H10N2O6S/c1-7(12-19-20(2,16)17)11-6-8-5-9(13(14)15)3-4-10(8)18-11/h3-6H,1-2H3/b12-7-. The molecule has 20 heavy (non-hydrogen) atoms. The van der Waals surface area contributed by atoms with Crippen LogP contribution in [0.1, 0.15) is 12.7 Å². The first-order valence-electron chi connectivity index (χ1n) is 5.38. The van der Waals surface area contributed by atoms with E-state index >= 15 is 0 Å². The van der Waals surface area contributed by atoms with Gasteiger partial charge in [0.25, 0.3) is 5.69 Å². The SMILES string of the molecule is C/C(=N/OS(C)(=O)=O)c1cc2cc([N+](=O)[O-])ccc2o1. The average Bonchev–Trinajstić information content (AvgIpc) is 2.77. The van der Waals surface area contributed by atoms with Crippen molar-refractivity contribution in [3.63, 3.8) is 0 Å². The molecule has 0 N–H and O–H groups in total. The quantitative estimate of drug-likeness (QED) is 0.485. The summed E-state index contributed by atoms with van der Waals surface area (Å²) in [5, 5.41) is 14.6. The minimum absolute atomic E-state index is 0.0631. The van der Waals surface area contributed by atoms with Gasteiger partial charge in [-0.25, -0.2) is 0 Å². The first kappa shape index (κ1) is 14.0. The summed E-state index contributed by atoms with van der Waals surface area (Å²) in [6.45, 7) is 1.50. The van der Waals surface area contributed by atoms with Crippen molar-refractivity contribution in [2.24, 2.45) is 5.16 Å². The maximum atomic E-state index is 10.8. The summed E-state index contributed by atoms with van der Waals surface area (Å²) in [6.07, 6.45) is 0.867. The second-order valence-corrected chi connectivity index (χ2v) is 5.60. The van der Waals surface area contributed by atoms with Crippen LogP contribution < -0.4 is 0 Å². The zero-order chi connectivity index (χ0) is 14.9. The van der Waals surface area contributed by atoms with E-state index in [1.165, 1.54) is 31.2 Å². The third kappa shape index (κ3) is 3.12. The molecule has 9 heteroatoms. The van der Waals surface area contributed by atoms with E-state index in [9.17, 15) is 18.5 Å². The molecule has 0 fully saturated rings. The summed E-state index contributed by atoms with van der Waals surface area (Å²) in [5.74, 6) is 0.268. The average molecular weight is 298 g/mol. The number of non-ortho nitro benzene ring substituents is 1. The minimum Gasteiger partial charge on any atom is -0.455 e. The van der Waals surface area contributed by atoms with Gasteiger partial charge in [0.2, 0.25) is 0 Å². The van der Waals surface area contributed by atoms with Gasteiger partial charge >= 0.3 is 10.1 Å². The largest absolute Gasteiger partial charge is 0.455 e. The first-order valence-corrected chi connectivity index (χ1v) is 7.19. The number of fused-ring (bicyclic) bond motifs is 1. The fourth-order valence-corrected chi connectivity index (χ4v) is 1.74. The van der Waals surface area contributed by atoms with E-state index in [1.54, 1.807) is 0 Å². The number of oxime groups is 1. The molecule has 1 aromatic heterocycles. The molecule has 0 atom stereocenters. The lowest BCUT2D eigenvalue weighted by atomic mass is 10.2. The molecule has 0 saturated carbocycles. The smallest absolute Gasteiger partial charge is 0.325 e. The molecule has 2 rings (SSSR count). The van der Waals surface area contributed by atoms with Crippen LogP contribution in [0, 0.1) is 10.1 Å². The maximum absolute atomic E-state index is 10.8. The van der Waals surface area contributed by atoms with Crippen molar-refractivity contribution >= 4 is 32.5 Å². The Kier molecular flexibility index (Phi) is 3.45. The van der Waals surface area contributed by atoms with Crippen LogP contribution in [-0.4, -0.2) is 25.3 Å². The van der Waals surface area contributed by atoms with Gasteiger partial charge in [-0.05, 0) is 19.1 Å². The summed E-state index contributed by atoms with van der Waals surface area (Å²) in [6, 6.07) is 5.65. The Morgan fingerprint density at radius 1 is 1.40 bits per heavy atom. The number of hydrogen-bond acceptors (Lipinski definition) is 7. The molecular formula is C11H10N2O6S. The van der Waals surface area contributed by atoms with E-state index < -0.39 is 15.0 Å². The molecule has 1 aromatic carbocycles. The van der Waals surface area contributed by atoms with E-state index in [1.807, 2.05) is 0 Å². The number of nitro benzene ring substituents is 1. The molecule has 0 aliphatic heterocycles. The van der Waals surface area contributed by atoms with Crippen LogP contribution in [0.2, 0.25) is 0 Å². The molecule has 106 valence electrons. The van der Waals surface area contributed by atoms with Crippen molar-refractivity contribution in [1.82, 2.24) is 0 Å². The van der Waals surface area contributed by atoms with Crippen molar-refractivity contribution < 1.29 is 22.0 Å². The molecule has 0 radical (unpaired) electrons. The van der Waals surface area contributed by atoms with Crippen molar-refractivity contribution in [2.45, 2.75) is 6.92 Å². The number of furan rings is 1. The Hall–Kier alpha value is -2.42. The Bertz CT molecular complexity index is 805. The van der Waals surface area contributed by atoms with Crippen LogP contribution in [0.5, 0.6) is 0 Å². The van der Waals surface area contributed by atoms with Gasteiger partial charge in [0.15, 0.2) is 5.76 Å². The predicted molar refractivity (Wildman–Crippen MR) is 71.0 cm³/mol. The summed E-state index contributed by atoms with van der Waals surface area (Å²) >= 11 is 0. The lowest BCUT2D eigenvalue weighted by molar-refractivity contribution is -0.384. The van der Waals surface area contributed by atoms with Gasteiger partial charge in [-0.2, -0.15) is 8.42 Å². The third-order valence-corrected chi connectivity index (χ3v) is 2.72. The molecule has 0 saturated heterocycles. The monoisotopic (exact) mass is 298 g/mol. The molecule has 0 aliphatic carbocycles. The normalized spacial score (nSPS) is 12.6. The third-order valence-electron chi connectivity index (χ3n) is 2.38. The van der Waals surface area contributed by atoms with Crippen LogP contribution in [0.25, 0.3) is 11.0 Å². The number of nitrogens with zero attached hydrogens (tertiary/aromatic N) is 2. The summed E-state index contributed by atoms with van der Waals surface area (Å²) in [5.41, 5.74) is 0.570. The Morgan fingerprint density at radius 3 is 2.70 bits per heavy atom. The Balaban J connectivity index is 2.39. The fourth-order valence-electron chi connectivity index (χ4n) is 1.49. The van der Waals surface area contributed by atoms with Crippen molar-refractivity contribution in [3.8, 4) is 0 Å². The van der Waals surface area contributed by atoms with E-state index in [4.69, 9.17) is 4.42 Å². The van der Waals surface area contributed by atoms with Gasteiger partial charge in [-0.1, -0.05) is 5.16 Å². The lowest BCUT2D eigenvalue weighted by Gasteiger charge is -1.95. The van der Waals surface area contributed by atoms with Crippen LogP contribution in [0.15, 0.2) is 33.8 Å². The molecule has 0 unspecified atom stereocenters. The molecule has 0 aliphatic rings. The Morgan fingerprint density at radius 2 is 2.10 bits per heavy atom. The molecule has 8 nitrogen and oxygen atoms in total. The number of hydrogen-bond donors (Lipinski definition) is 0. The zero-order valence-corrected chi connectivity index (χ0v) is 11.4. The van der Waals surface area contributed by atoms with Gasteiger partial charge in [0.05, 0.1) is 11.2 Å². The number of rotatable bonds is 4. The second-order valence-electron chi connectivity index (χ2n) is 4.05. The second kappa shape index (κ2) is 4.93. The van der Waals surface area contributed by atoms with Gasteiger partial charge in [0, 0.05) is 17.5 Å². The highest BCUT2D eigenvalue weighted by Crippen LogP contribution is 2.24.